The van der Waals surface area contributed by atoms with E-state index in [1.54, 1.807) is 41.2 Å². The number of hydrogen-bond donors (Lipinski definition) is 4. The van der Waals surface area contributed by atoms with Crippen LogP contribution in [0.5, 0.6) is 0 Å². The van der Waals surface area contributed by atoms with Crippen molar-refractivity contribution < 1.29 is 33.7 Å². The van der Waals surface area contributed by atoms with Crippen LogP contribution in [0.4, 0.5) is 5.13 Å². The maximum atomic E-state index is 13.0. The molecule has 4 heterocycles. The van der Waals surface area contributed by atoms with Gasteiger partial charge in [-0.2, -0.15) is 9.36 Å². The highest BCUT2D eigenvalue weighted by atomic mass is 32.2. The van der Waals surface area contributed by atoms with Crippen molar-refractivity contribution >= 4 is 57.8 Å². The van der Waals surface area contributed by atoms with Gasteiger partial charge < -0.3 is 26.7 Å². The normalized spacial score (nSPS) is 18.9. The molecule has 2 atom stereocenters. The quantitative estimate of drug-likeness (QED) is 0.0673. The number of aromatic nitrogens is 3. The van der Waals surface area contributed by atoms with Crippen LogP contribution in [0.15, 0.2) is 65.8 Å². The Kier molecular flexibility index (Phi) is 8.36. The van der Waals surface area contributed by atoms with Crippen molar-refractivity contribution in [1.29, 1.82) is 0 Å². The first kappa shape index (κ1) is 27.5. The second kappa shape index (κ2) is 11.9. The largest absolute Gasteiger partial charge is 0.477 e. The third-order valence-corrected chi connectivity index (χ3v) is 7.36. The van der Waals surface area contributed by atoms with Gasteiger partial charge in [0.05, 0.1) is 5.56 Å². The van der Waals surface area contributed by atoms with Gasteiger partial charge in [0.1, 0.15) is 23.7 Å². The second-order valence-electron chi connectivity index (χ2n) is 8.07. The summed E-state index contributed by atoms with van der Waals surface area (Å²) in [6, 6.07) is 2.16. The number of fused-ring (bicyclic) bond motifs is 1. The summed E-state index contributed by atoms with van der Waals surface area (Å²) < 4.78 is 5.74. The molecule has 6 N–H and O–H groups in total. The average Bonchev–Trinajstić information content (AvgIpc) is 3.35. The van der Waals surface area contributed by atoms with E-state index in [2.05, 4.69) is 26.4 Å². The number of hydrogen-bond acceptors (Lipinski definition) is 11. The number of anilines is 1. The molecular weight excluding hydrogens is 548 g/mol. The molecular formula is C23H23N8O6S2+. The molecule has 202 valence electrons. The Bertz CT molecular complexity index is 1420. The van der Waals surface area contributed by atoms with E-state index < -0.39 is 35.1 Å². The van der Waals surface area contributed by atoms with Gasteiger partial charge in [0.25, 0.3) is 11.8 Å². The van der Waals surface area contributed by atoms with Gasteiger partial charge in [-0.1, -0.05) is 23.9 Å². The van der Waals surface area contributed by atoms with E-state index in [1.165, 1.54) is 17.8 Å². The van der Waals surface area contributed by atoms with Gasteiger partial charge in [0.15, 0.2) is 24.1 Å². The first-order valence-electron chi connectivity index (χ1n) is 11.3. The zero-order valence-corrected chi connectivity index (χ0v) is 21.9. The summed E-state index contributed by atoms with van der Waals surface area (Å²) in [5, 5.41) is 15.7. The predicted molar refractivity (Wildman–Crippen MR) is 141 cm³/mol. The molecule has 2 aromatic rings. The Labute approximate surface area is 229 Å². The van der Waals surface area contributed by atoms with E-state index in [4.69, 9.17) is 16.3 Å². The number of nitrogen functional groups attached to an aromatic ring is 1. The van der Waals surface area contributed by atoms with Crippen molar-refractivity contribution in [1.82, 2.24) is 19.6 Å². The van der Waals surface area contributed by atoms with Crippen molar-refractivity contribution in [3.8, 4) is 0 Å². The second-order valence-corrected chi connectivity index (χ2v) is 9.96. The Morgan fingerprint density at radius 3 is 2.72 bits per heavy atom. The van der Waals surface area contributed by atoms with Crippen LogP contribution in [0.2, 0.25) is 0 Å². The zero-order chi connectivity index (χ0) is 28.1. The van der Waals surface area contributed by atoms with Crippen LogP contribution in [0.25, 0.3) is 0 Å². The summed E-state index contributed by atoms with van der Waals surface area (Å²) >= 11 is 2.17. The Morgan fingerprint density at radius 2 is 2.10 bits per heavy atom. The molecule has 0 spiro atoms. The van der Waals surface area contributed by atoms with Gasteiger partial charge in [0.2, 0.25) is 17.4 Å². The van der Waals surface area contributed by atoms with Gasteiger partial charge >= 0.3 is 5.97 Å². The summed E-state index contributed by atoms with van der Waals surface area (Å²) in [6.07, 6.45) is 8.15. The molecule has 0 bridgehead atoms. The fourth-order valence-electron chi connectivity index (χ4n) is 3.71. The van der Waals surface area contributed by atoms with Crippen molar-refractivity contribution in [3.63, 3.8) is 0 Å². The van der Waals surface area contributed by atoms with E-state index in [-0.39, 0.29) is 34.7 Å². The maximum absolute atomic E-state index is 13.0. The van der Waals surface area contributed by atoms with Gasteiger partial charge in [-0.3, -0.25) is 19.3 Å². The number of amides is 3. The van der Waals surface area contributed by atoms with Gasteiger partial charge in [-0.15, -0.1) is 11.8 Å². The first-order valence-corrected chi connectivity index (χ1v) is 13.1. The number of thioether (sulfide) groups is 1. The summed E-state index contributed by atoms with van der Waals surface area (Å²) in [6.45, 7) is 3.91. The van der Waals surface area contributed by atoms with Crippen LogP contribution in [0.1, 0.15) is 16.2 Å². The van der Waals surface area contributed by atoms with Crippen LogP contribution in [0.3, 0.4) is 0 Å². The van der Waals surface area contributed by atoms with E-state index in [9.17, 15) is 24.3 Å². The smallest absolute Gasteiger partial charge is 0.352 e. The highest BCUT2D eigenvalue weighted by Crippen LogP contribution is 2.40. The maximum Gasteiger partial charge on any atom is 0.352 e. The topological polar surface area (TPSA) is 207 Å². The lowest BCUT2D eigenvalue weighted by Crippen LogP contribution is -2.71. The zero-order valence-electron chi connectivity index (χ0n) is 20.2. The van der Waals surface area contributed by atoms with Crippen molar-refractivity contribution in [2.24, 2.45) is 10.9 Å². The third kappa shape index (κ3) is 5.96. The molecule has 4 rings (SSSR count). The number of aliphatic carboxylic acids is 1. The van der Waals surface area contributed by atoms with E-state index >= 15 is 0 Å². The highest BCUT2D eigenvalue weighted by Gasteiger charge is 2.54. The molecule has 0 saturated carbocycles. The van der Waals surface area contributed by atoms with Crippen LogP contribution in [-0.2, 0) is 25.8 Å². The Morgan fingerprint density at radius 1 is 1.36 bits per heavy atom. The monoisotopic (exact) mass is 571 g/mol. The fraction of sp³-hybridized carbons (Fsp3) is 0.217. The minimum atomic E-state index is -1.27. The molecule has 1 fully saturated rings. The van der Waals surface area contributed by atoms with E-state index in [1.807, 2.05) is 0 Å². The number of carbonyl (C=O) groups excluding carboxylic acids is 3. The molecule has 2 aliphatic rings. The minimum Gasteiger partial charge on any atom is -0.477 e. The van der Waals surface area contributed by atoms with Crippen LogP contribution in [0, 0.1) is 0 Å². The fourth-order valence-corrected chi connectivity index (χ4v) is 5.46. The number of carbonyl (C=O) groups is 4. The molecule has 1 saturated heterocycles. The van der Waals surface area contributed by atoms with Crippen molar-refractivity contribution in [2.75, 3.05) is 18.1 Å². The number of nitrogens with one attached hydrogen (secondary N) is 1. The lowest BCUT2D eigenvalue weighted by atomic mass is 10.0. The minimum absolute atomic E-state index is 0.0191. The summed E-state index contributed by atoms with van der Waals surface area (Å²) in [5.74, 6) is -2.94. The molecule has 0 radical (unpaired) electrons. The van der Waals surface area contributed by atoms with Crippen molar-refractivity contribution in [2.45, 2.75) is 18.0 Å². The SMILES string of the molecule is C=CCON=C(C(=O)NC1C(=O)N2C(C(=O)O)=C(C=CC[n+]3ccc(C(N)=O)cc3)CS[C@H]12)c1nsc(N)n1. The summed E-state index contributed by atoms with van der Waals surface area (Å²) in [7, 11) is 0. The molecule has 39 heavy (non-hydrogen) atoms. The number of allylic oxidation sites excluding steroid dienone is 2. The number of carboxylic acids is 1. The molecule has 1 unspecified atom stereocenters. The number of rotatable bonds is 11. The van der Waals surface area contributed by atoms with E-state index in [0.29, 0.717) is 17.7 Å². The lowest BCUT2D eigenvalue weighted by molar-refractivity contribution is -0.687. The third-order valence-electron chi connectivity index (χ3n) is 5.51. The lowest BCUT2D eigenvalue weighted by Gasteiger charge is -2.49. The number of pyridine rings is 1. The number of nitrogens with two attached hydrogens (primary N) is 2. The Balaban J connectivity index is 1.47. The molecule has 2 aliphatic heterocycles. The molecule has 2 aromatic heterocycles. The number of nitrogens with zero attached hydrogens (tertiary/aromatic N) is 5. The van der Waals surface area contributed by atoms with Gasteiger partial charge in [0, 0.05) is 29.4 Å². The van der Waals surface area contributed by atoms with Crippen LogP contribution < -0.4 is 21.4 Å². The first-order chi connectivity index (χ1) is 18.7. The molecule has 16 heteroatoms. The van der Waals surface area contributed by atoms with Crippen LogP contribution >= 0.6 is 23.3 Å². The molecule has 3 amide bonds. The highest BCUT2D eigenvalue weighted by molar-refractivity contribution is 8.00. The van der Waals surface area contributed by atoms with Gasteiger partial charge in [-0.25, -0.2) is 9.36 Å². The number of oxime groups is 1. The molecule has 0 aliphatic carbocycles. The van der Waals surface area contributed by atoms with Gasteiger partial charge in [-0.05, 0) is 11.6 Å². The average molecular weight is 572 g/mol. The summed E-state index contributed by atoms with van der Waals surface area (Å²) in [5.41, 5.74) is 11.2. The Hall–Kier alpha value is -4.57. The van der Waals surface area contributed by atoms with Crippen LogP contribution in [-0.4, -0.2) is 72.5 Å². The number of primary amides is 1. The van der Waals surface area contributed by atoms with E-state index in [0.717, 1.165) is 16.4 Å². The number of β-lactam (4-membered cyclic amide) rings is 1. The molecule has 0 aromatic carbocycles. The number of carboxylic acid groups (broad SMARTS) is 1. The molecule has 14 nitrogen and oxygen atoms in total. The summed E-state index contributed by atoms with van der Waals surface area (Å²) in [4.78, 5) is 59.4. The predicted octanol–water partition coefficient (Wildman–Crippen LogP) is -0.592. The van der Waals surface area contributed by atoms with Crippen molar-refractivity contribution in [3.05, 3.63) is 72.0 Å². The standard InChI is InChI=1S/C23H22N8O6S2/c1-2-10-37-28-14(18-27-23(25)39-29-18)19(33)26-15-20(34)31-16(22(35)36)13(11-38-21(15)31)4-3-7-30-8-5-12(6-9-30)17(24)32/h2-6,8-9,15,21H,1,7,10-11H2,(H5-,24,25,26,27,29,32,33,35,36)/p+1/t15?,21-/m1/s1.